The van der Waals surface area contributed by atoms with Gasteiger partial charge in [0, 0.05) is 17.7 Å². The molecular weight excluding hydrogens is 188 g/mol. The molecule has 3 nitrogen and oxygen atoms in total. The number of nitrogens with zero attached hydrogens (tertiary/aromatic N) is 1. The smallest absolute Gasteiger partial charge is 0.167 e. The fraction of sp³-hybridized carbons (Fsp3) is 0.333. The highest BCUT2D eigenvalue weighted by Crippen LogP contribution is 2.22. The van der Waals surface area contributed by atoms with Gasteiger partial charge in [-0.1, -0.05) is 25.4 Å². The number of hydrogen-bond acceptors (Lipinski definition) is 3. The molecule has 1 heterocycles. The minimum absolute atomic E-state index is 0.0122. The van der Waals surface area contributed by atoms with E-state index in [1.54, 1.807) is 6.07 Å². The van der Waals surface area contributed by atoms with Crippen molar-refractivity contribution in [3.8, 4) is 0 Å². The van der Waals surface area contributed by atoms with E-state index in [4.69, 9.17) is 17.3 Å². The third-order valence-corrected chi connectivity index (χ3v) is 2.03. The minimum Gasteiger partial charge on any atom is -0.396 e. The Labute approximate surface area is 81.9 Å². The molecule has 0 fully saturated rings. The van der Waals surface area contributed by atoms with E-state index in [1.165, 1.54) is 6.20 Å². The van der Waals surface area contributed by atoms with Crippen LogP contribution in [0.4, 0.5) is 5.69 Å². The molecule has 70 valence electrons. The molecule has 0 atom stereocenters. The summed E-state index contributed by atoms with van der Waals surface area (Å²) in [5.74, 6) is -0.0948. The molecule has 13 heavy (non-hydrogen) atoms. The summed E-state index contributed by atoms with van der Waals surface area (Å²) in [5, 5.41) is 0.187. The van der Waals surface area contributed by atoms with Crippen LogP contribution in [0.2, 0.25) is 5.15 Å². The van der Waals surface area contributed by atoms with E-state index < -0.39 is 0 Å². The Morgan fingerprint density at radius 2 is 2.23 bits per heavy atom. The van der Waals surface area contributed by atoms with Crippen molar-refractivity contribution in [2.45, 2.75) is 13.8 Å². The summed E-state index contributed by atoms with van der Waals surface area (Å²) in [5.41, 5.74) is 6.33. The zero-order valence-corrected chi connectivity index (χ0v) is 8.30. The van der Waals surface area contributed by atoms with Crippen LogP contribution in [0, 0.1) is 5.92 Å². The van der Waals surface area contributed by atoms with Crippen LogP contribution in [0.25, 0.3) is 0 Å². The highest BCUT2D eigenvalue weighted by atomic mass is 35.5. The molecule has 0 aliphatic carbocycles. The lowest BCUT2D eigenvalue weighted by Gasteiger charge is -2.07. The number of carbonyl (C=O) groups excluding carboxylic acids is 1. The van der Waals surface area contributed by atoms with Gasteiger partial charge in [0.25, 0.3) is 0 Å². The number of pyridine rings is 1. The average molecular weight is 199 g/mol. The van der Waals surface area contributed by atoms with Gasteiger partial charge in [-0.2, -0.15) is 0 Å². The highest BCUT2D eigenvalue weighted by molar-refractivity contribution is 6.32. The van der Waals surface area contributed by atoms with Crippen LogP contribution in [0.3, 0.4) is 0 Å². The first-order chi connectivity index (χ1) is 6.04. The van der Waals surface area contributed by atoms with Crippen LogP contribution in [-0.4, -0.2) is 10.8 Å². The van der Waals surface area contributed by atoms with Crippen LogP contribution < -0.4 is 5.73 Å². The van der Waals surface area contributed by atoms with Gasteiger partial charge in [-0.3, -0.25) is 4.79 Å². The van der Waals surface area contributed by atoms with Crippen LogP contribution in [0.5, 0.6) is 0 Å². The molecule has 0 saturated carbocycles. The normalized spacial score (nSPS) is 10.5. The van der Waals surface area contributed by atoms with E-state index >= 15 is 0 Å². The molecule has 2 N–H and O–H groups in total. The number of nitrogens with two attached hydrogens (primary N) is 1. The predicted molar refractivity (Wildman–Crippen MR) is 52.8 cm³/mol. The Kier molecular flexibility index (Phi) is 2.88. The first kappa shape index (κ1) is 9.99. The summed E-state index contributed by atoms with van der Waals surface area (Å²) in [4.78, 5) is 15.3. The molecule has 1 aromatic heterocycles. The van der Waals surface area contributed by atoms with Crippen molar-refractivity contribution in [3.63, 3.8) is 0 Å². The summed E-state index contributed by atoms with van der Waals surface area (Å²) in [6.07, 6.45) is 1.48. The summed E-state index contributed by atoms with van der Waals surface area (Å²) in [6, 6.07) is 1.59. The first-order valence-electron chi connectivity index (χ1n) is 3.98. The topological polar surface area (TPSA) is 56.0 Å². The van der Waals surface area contributed by atoms with Crippen LogP contribution in [0.15, 0.2) is 12.3 Å². The van der Waals surface area contributed by atoms with Crippen molar-refractivity contribution < 1.29 is 4.79 Å². The largest absolute Gasteiger partial charge is 0.396 e. The number of ketones is 1. The Bertz CT molecular complexity index is 336. The lowest BCUT2D eigenvalue weighted by molar-refractivity contribution is 0.0940. The summed E-state index contributed by atoms with van der Waals surface area (Å²) < 4.78 is 0. The average Bonchev–Trinajstić information content (AvgIpc) is 2.08. The second-order valence-electron chi connectivity index (χ2n) is 3.08. The maximum atomic E-state index is 11.6. The number of carbonyl (C=O) groups is 1. The fourth-order valence-electron chi connectivity index (χ4n) is 0.974. The molecule has 0 amide bonds. The molecule has 0 aliphatic rings. The monoisotopic (exact) mass is 198 g/mol. The van der Waals surface area contributed by atoms with E-state index in [0.717, 1.165) is 0 Å². The Morgan fingerprint density at radius 1 is 1.62 bits per heavy atom. The zero-order valence-electron chi connectivity index (χ0n) is 7.54. The molecule has 0 saturated heterocycles. The fourth-order valence-corrected chi connectivity index (χ4v) is 1.13. The van der Waals surface area contributed by atoms with E-state index in [1.807, 2.05) is 13.8 Å². The lowest BCUT2D eigenvalue weighted by Crippen LogP contribution is -2.10. The van der Waals surface area contributed by atoms with Gasteiger partial charge in [0.15, 0.2) is 10.9 Å². The molecular formula is C9H11ClN2O. The van der Waals surface area contributed by atoms with Gasteiger partial charge in [0.2, 0.25) is 0 Å². The van der Waals surface area contributed by atoms with Crippen LogP contribution >= 0.6 is 11.6 Å². The predicted octanol–water partition coefficient (Wildman–Crippen LogP) is 2.16. The molecule has 0 aliphatic heterocycles. The van der Waals surface area contributed by atoms with Crippen molar-refractivity contribution in [1.82, 2.24) is 4.98 Å². The first-order valence-corrected chi connectivity index (χ1v) is 4.36. The number of hydrogen-bond donors (Lipinski definition) is 1. The number of aromatic nitrogens is 1. The number of halogens is 1. The maximum absolute atomic E-state index is 11.6. The molecule has 0 radical (unpaired) electrons. The number of nitrogen functional groups attached to an aromatic ring is 1. The standard InChI is InChI=1S/C9H11ClN2O/c1-5(2)8(13)6-3-4-12-9(10)7(6)11/h3-5H,11H2,1-2H3. The van der Waals surface area contributed by atoms with E-state index in [0.29, 0.717) is 5.56 Å². The summed E-state index contributed by atoms with van der Waals surface area (Å²) in [7, 11) is 0. The van der Waals surface area contributed by atoms with Crippen molar-refractivity contribution in [1.29, 1.82) is 0 Å². The molecule has 1 rings (SSSR count). The van der Waals surface area contributed by atoms with Crippen molar-refractivity contribution in [3.05, 3.63) is 23.0 Å². The van der Waals surface area contributed by atoms with Crippen molar-refractivity contribution in [2.24, 2.45) is 5.92 Å². The Morgan fingerprint density at radius 3 is 2.77 bits per heavy atom. The van der Waals surface area contributed by atoms with Crippen molar-refractivity contribution >= 4 is 23.1 Å². The van der Waals surface area contributed by atoms with Crippen LogP contribution in [0.1, 0.15) is 24.2 Å². The Hall–Kier alpha value is -1.09. The third kappa shape index (κ3) is 1.98. The quantitative estimate of drug-likeness (QED) is 0.585. The van der Waals surface area contributed by atoms with E-state index in [9.17, 15) is 4.79 Å². The van der Waals surface area contributed by atoms with Gasteiger partial charge in [0.1, 0.15) is 0 Å². The molecule has 0 bridgehead atoms. The van der Waals surface area contributed by atoms with Crippen LogP contribution in [-0.2, 0) is 0 Å². The SMILES string of the molecule is CC(C)C(=O)c1ccnc(Cl)c1N. The Balaban J connectivity index is 3.15. The maximum Gasteiger partial charge on any atom is 0.167 e. The second-order valence-corrected chi connectivity index (χ2v) is 3.44. The minimum atomic E-state index is -0.0826. The number of anilines is 1. The molecule has 1 aromatic rings. The van der Waals surface area contributed by atoms with Gasteiger partial charge in [-0.15, -0.1) is 0 Å². The second kappa shape index (κ2) is 3.75. The number of rotatable bonds is 2. The number of Topliss-reactive ketones (excluding diaryl/α,β-unsaturated/α-hetero) is 1. The third-order valence-electron chi connectivity index (χ3n) is 1.73. The zero-order chi connectivity index (χ0) is 10.0. The lowest BCUT2D eigenvalue weighted by atomic mass is 10.0. The molecule has 0 aromatic carbocycles. The molecule has 0 spiro atoms. The van der Waals surface area contributed by atoms with Gasteiger partial charge in [0.05, 0.1) is 5.69 Å². The van der Waals surface area contributed by atoms with E-state index in [-0.39, 0.29) is 22.5 Å². The van der Waals surface area contributed by atoms with E-state index in [2.05, 4.69) is 4.98 Å². The molecule has 0 unspecified atom stereocenters. The van der Waals surface area contributed by atoms with Gasteiger partial charge in [-0.05, 0) is 6.07 Å². The summed E-state index contributed by atoms with van der Waals surface area (Å²) >= 11 is 5.67. The van der Waals surface area contributed by atoms with Gasteiger partial charge < -0.3 is 5.73 Å². The summed E-state index contributed by atoms with van der Waals surface area (Å²) in [6.45, 7) is 3.63. The molecule has 4 heteroatoms. The van der Waals surface area contributed by atoms with Crippen molar-refractivity contribution in [2.75, 3.05) is 5.73 Å². The highest BCUT2D eigenvalue weighted by Gasteiger charge is 2.15. The van der Waals surface area contributed by atoms with Gasteiger partial charge >= 0.3 is 0 Å². The van der Waals surface area contributed by atoms with Gasteiger partial charge in [-0.25, -0.2) is 4.98 Å².